The highest BCUT2D eigenvalue weighted by Crippen LogP contribution is 2.18. The number of likely N-dealkylation sites (N-methyl/N-ethyl adjacent to an activating group) is 1. The topological polar surface area (TPSA) is 67.9 Å². The number of hydrogen-bond acceptors (Lipinski definition) is 4. The molecular weight excluding hydrogens is 344 g/mol. The van der Waals surface area contributed by atoms with Gasteiger partial charge < -0.3 is 19.7 Å². The Morgan fingerprint density at radius 1 is 1.07 bits per heavy atom. The molecule has 1 atom stereocenters. The first-order valence-corrected chi connectivity index (χ1v) is 8.78. The summed E-state index contributed by atoms with van der Waals surface area (Å²) < 4.78 is 10.7. The Morgan fingerprint density at radius 2 is 1.70 bits per heavy atom. The molecule has 1 N–H and O–H groups in total. The molecule has 0 aliphatic rings. The Morgan fingerprint density at radius 3 is 2.30 bits per heavy atom. The smallest absolute Gasteiger partial charge is 0.261 e. The first-order chi connectivity index (χ1) is 13.0. The fourth-order valence-electron chi connectivity index (χ4n) is 2.66. The summed E-state index contributed by atoms with van der Waals surface area (Å²) in [5.74, 6) is 0.794. The van der Waals surface area contributed by atoms with E-state index in [0.717, 1.165) is 11.1 Å². The number of nitrogens with zero attached hydrogens (tertiary/aromatic N) is 1. The summed E-state index contributed by atoms with van der Waals surface area (Å²) in [7, 11) is 3.14. The quantitative estimate of drug-likeness (QED) is 0.775. The van der Waals surface area contributed by atoms with Crippen LogP contribution in [0, 0.1) is 6.92 Å². The third-order valence-electron chi connectivity index (χ3n) is 4.44. The molecule has 27 heavy (non-hydrogen) atoms. The molecule has 0 saturated heterocycles. The van der Waals surface area contributed by atoms with Crippen molar-refractivity contribution in [3.8, 4) is 11.5 Å². The molecule has 2 aromatic rings. The Kier molecular flexibility index (Phi) is 7.23. The number of rotatable bonds is 8. The number of aryl methyl sites for hydroxylation is 1. The highest BCUT2D eigenvalue weighted by atomic mass is 16.5. The van der Waals surface area contributed by atoms with E-state index >= 15 is 0 Å². The maximum absolute atomic E-state index is 12.8. The number of carbonyl (C=O) groups is 2. The van der Waals surface area contributed by atoms with E-state index in [1.54, 1.807) is 45.3 Å². The molecule has 0 aliphatic heterocycles. The molecule has 0 fully saturated rings. The van der Waals surface area contributed by atoms with Crippen molar-refractivity contribution < 1.29 is 19.1 Å². The highest BCUT2D eigenvalue weighted by molar-refractivity contribution is 5.87. The second-order valence-corrected chi connectivity index (χ2v) is 6.20. The zero-order valence-electron chi connectivity index (χ0n) is 16.2. The molecule has 0 aliphatic carbocycles. The normalized spacial score (nSPS) is 11.4. The van der Waals surface area contributed by atoms with Crippen LogP contribution < -0.4 is 14.8 Å². The summed E-state index contributed by atoms with van der Waals surface area (Å²) in [6.45, 7) is 3.88. The van der Waals surface area contributed by atoms with Gasteiger partial charge in [0.25, 0.3) is 5.91 Å². The summed E-state index contributed by atoms with van der Waals surface area (Å²) >= 11 is 0. The minimum atomic E-state index is -0.610. The van der Waals surface area contributed by atoms with Crippen LogP contribution in [0.2, 0.25) is 0 Å². The van der Waals surface area contributed by atoms with Gasteiger partial charge in [0.05, 0.1) is 7.11 Å². The van der Waals surface area contributed by atoms with E-state index in [2.05, 4.69) is 5.32 Å². The van der Waals surface area contributed by atoms with Crippen LogP contribution in [-0.2, 0) is 16.1 Å². The molecule has 144 valence electrons. The molecule has 2 aromatic carbocycles. The van der Waals surface area contributed by atoms with Gasteiger partial charge in [0, 0.05) is 13.6 Å². The van der Waals surface area contributed by atoms with Gasteiger partial charge in [-0.1, -0.05) is 24.3 Å². The van der Waals surface area contributed by atoms with Crippen molar-refractivity contribution in [2.24, 2.45) is 0 Å². The van der Waals surface area contributed by atoms with E-state index < -0.39 is 6.04 Å². The van der Waals surface area contributed by atoms with Crippen LogP contribution in [0.3, 0.4) is 0 Å². The van der Waals surface area contributed by atoms with Gasteiger partial charge in [-0.25, -0.2) is 0 Å². The van der Waals surface area contributed by atoms with Crippen molar-refractivity contribution in [3.63, 3.8) is 0 Å². The number of nitrogens with one attached hydrogen (secondary N) is 1. The zero-order chi connectivity index (χ0) is 19.8. The van der Waals surface area contributed by atoms with E-state index in [9.17, 15) is 9.59 Å². The molecule has 0 unspecified atom stereocenters. The standard InChI is InChI=1S/C21H26N2O4/c1-15-7-5-6-8-17(15)13-23(16(2)21(25)22-3)20(24)14-27-19-11-9-18(26-4)10-12-19/h5-12,16H,13-14H2,1-4H3,(H,22,25)/t16-/m0/s1. The van der Waals surface area contributed by atoms with E-state index in [1.165, 1.54) is 4.90 Å². The van der Waals surface area contributed by atoms with Gasteiger partial charge in [0.15, 0.2) is 6.61 Å². The third-order valence-corrected chi connectivity index (χ3v) is 4.44. The van der Waals surface area contributed by atoms with Crippen LogP contribution in [0.25, 0.3) is 0 Å². The summed E-state index contributed by atoms with van der Waals surface area (Å²) in [6.07, 6.45) is 0. The van der Waals surface area contributed by atoms with Crippen molar-refractivity contribution in [2.75, 3.05) is 20.8 Å². The lowest BCUT2D eigenvalue weighted by molar-refractivity contribution is -0.142. The lowest BCUT2D eigenvalue weighted by Crippen LogP contribution is -2.48. The zero-order valence-corrected chi connectivity index (χ0v) is 16.2. The molecule has 0 spiro atoms. The molecule has 6 heteroatoms. The summed E-state index contributed by atoms with van der Waals surface area (Å²) in [5.41, 5.74) is 2.06. The van der Waals surface area contributed by atoms with Gasteiger partial charge in [-0.15, -0.1) is 0 Å². The largest absolute Gasteiger partial charge is 0.497 e. The van der Waals surface area contributed by atoms with Crippen LogP contribution in [0.15, 0.2) is 48.5 Å². The number of ether oxygens (including phenoxy) is 2. The van der Waals surface area contributed by atoms with Crippen molar-refractivity contribution in [2.45, 2.75) is 26.4 Å². The Hall–Kier alpha value is -3.02. The van der Waals surface area contributed by atoms with Crippen LogP contribution in [-0.4, -0.2) is 43.5 Å². The summed E-state index contributed by atoms with van der Waals surface area (Å²) in [4.78, 5) is 26.5. The molecule has 0 heterocycles. The summed E-state index contributed by atoms with van der Waals surface area (Å²) in [5, 5.41) is 2.60. The lowest BCUT2D eigenvalue weighted by atomic mass is 10.1. The van der Waals surface area contributed by atoms with Crippen molar-refractivity contribution in [3.05, 3.63) is 59.7 Å². The molecule has 2 rings (SSSR count). The average Bonchev–Trinajstić information content (AvgIpc) is 2.70. The van der Waals surface area contributed by atoms with Gasteiger partial charge in [-0.2, -0.15) is 0 Å². The number of carbonyl (C=O) groups excluding carboxylic acids is 2. The first-order valence-electron chi connectivity index (χ1n) is 8.78. The van der Waals surface area contributed by atoms with Crippen LogP contribution in [0.5, 0.6) is 11.5 Å². The number of benzene rings is 2. The fraction of sp³-hybridized carbons (Fsp3) is 0.333. The van der Waals surface area contributed by atoms with Crippen LogP contribution in [0.4, 0.5) is 0 Å². The molecule has 0 bridgehead atoms. The molecule has 0 saturated carbocycles. The fourth-order valence-corrected chi connectivity index (χ4v) is 2.66. The SMILES string of the molecule is CNC(=O)[C@H](C)N(Cc1ccccc1C)C(=O)COc1ccc(OC)cc1. The summed E-state index contributed by atoms with van der Waals surface area (Å²) in [6, 6.07) is 14.2. The van der Waals surface area contributed by atoms with Gasteiger partial charge >= 0.3 is 0 Å². The van der Waals surface area contributed by atoms with E-state index in [4.69, 9.17) is 9.47 Å². The van der Waals surface area contributed by atoms with Crippen molar-refractivity contribution in [1.29, 1.82) is 0 Å². The van der Waals surface area contributed by atoms with Gasteiger partial charge in [-0.3, -0.25) is 9.59 Å². The van der Waals surface area contributed by atoms with Gasteiger partial charge in [0.2, 0.25) is 5.91 Å². The minimum Gasteiger partial charge on any atom is -0.497 e. The minimum absolute atomic E-state index is 0.153. The highest BCUT2D eigenvalue weighted by Gasteiger charge is 2.26. The third kappa shape index (κ3) is 5.48. The van der Waals surface area contributed by atoms with Gasteiger partial charge in [0.1, 0.15) is 17.5 Å². The van der Waals surface area contributed by atoms with Crippen molar-refractivity contribution in [1.82, 2.24) is 10.2 Å². The maximum Gasteiger partial charge on any atom is 0.261 e. The Balaban J connectivity index is 2.12. The second kappa shape index (κ2) is 9.62. The second-order valence-electron chi connectivity index (χ2n) is 6.20. The van der Waals surface area contributed by atoms with E-state index in [-0.39, 0.29) is 18.4 Å². The number of amides is 2. The maximum atomic E-state index is 12.8. The average molecular weight is 370 g/mol. The molecule has 0 aromatic heterocycles. The monoisotopic (exact) mass is 370 g/mol. The Bertz CT molecular complexity index is 774. The molecule has 0 radical (unpaired) electrons. The molecule has 6 nitrogen and oxygen atoms in total. The Labute approximate surface area is 160 Å². The number of methoxy groups -OCH3 is 1. The van der Waals surface area contributed by atoms with Crippen molar-refractivity contribution >= 4 is 11.8 Å². The number of hydrogen-bond donors (Lipinski definition) is 1. The van der Waals surface area contributed by atoms with Crippen LogP contribution in [0.1, 0.15) is 18.1 Å². The van der Waals surface area contributed by atoms with Crippen LogP contribution >= 0.6 is 0 Å². The van der Waals surface area contributed by atoms with E-state index in [0.29, 0.717) is 18.0 Å². The first kappa shape index (κ1) is 20.3. The lowest BCUT2D eigenvalue weighted by Gasteiger charge is -2.28. The molecular formula is C21H26N2O4. The predicted molar refractivity (Wildman–Crippen MR) is 104 cm³/mol. The molecule has 2 amide bonds. The predicted octanol–water partition coefficient (Wildman–Crippen LogP) is 2.55. The van der Waals surface area contributed by atoms with E-state index in [1.807, 2.05) is 31.2 Å². The van der Waals surface area contributed by atoms with Gasteiger partial charge in [-0.05, 0) is 49.2 Å².